The Labute approximate surface area is 154 Å². The monoisotopic (exact) mass is 369 g/mol. The maximum Gasteiger partial charge on any atom is 0.306 e. The molecule has 0 saturated heterocycles. The highest BCUT2D eigenvalue weighted by Gasteiger charge is 2.28. The Morgan fingerprint density at radius 3 is 2.67 bits per heavy atom. The molecule has 0 aliphatic rings. The fraction of sp³-hybridized carbons (Fsp3) is 0.250. The van der Waals surface area contributed by atoms with Crippen LogP contribution in [0.15, 0.2) is 44.3 Å². The lowest BCUT2D eigenvalue weighted by Crippen LogP contribution is -2.21. The van der Waals surface area contributed by atoms with Crippen molar-refractivity contribution in [1.82, 2.24) is 4.98 Å². The summed E-state index contributed by atoms with van der Waals surface area (Å²) in [7, 11) is 1.22. The summed E-state index contributed by atoms with van der Waals surface area (Å²) in [6.45, 7) is 3.46. The van der Waals surface area contributed by atoms with Crippen molar-refractivity contribution in [3.05, 3.63) is 73.6 Å². The summed E-state index contributed by atoms with van der Waals surface area (Å²) in [6.07, 6.45) is -0.267. The molecule has 2 N–H and O–H groups in total. The molecule has 0 aliphatic heterocycles. The largest absolute Gasteiger partial charge is 0.502 e. The Hall–Kier alpha value is -3.35. The van der Waals surface area contributed by atoms with Gasteiger partial charge in [-0.05, 0) is 36.9 Å². The first-order chi connectivity index (χ1) is 12.8. The zero-order chi connectivity index (χ0) is 19.7. The summed E-state index contributed by atoms with van der Waals surface area (Å²) >= 11 is 0. The minimum Gasteiger partial charge on any atom is -0.502 e. The molecule has 0 amide bonds. The molecule has 2 aromatic heterocycles. The molecule has 0 bridgehead atoms. The van der Waals surface area contributed by atoms with Crippen molar-refractivity contribution in [2.45, 2.75) is 26.2 Å². The van der Waals surface area contributed by atoms with Gasteiger partial charge in [-0.3, -0.25) is 14.4 Å². The van der Waals surface area contributed by atoms with Crippen LogP contribution in [0.4, 0.5) is 0 Å². The van der Waals surface area contributed by atoms with E-state index in [2.05, 4.69) is 4.98 Å². The number of aromatic amines is 1. The van der Waals surface area contributed by atoms with Crippen LogP contribution in [0.3, 0.4) is 0 Å². The Morgan fingerprint density at radius 2 is 1.96 bits per heavy atom. The van der Waals surface area contributed by atoms with Crippen LogP contribution in [0.2, 0.25) is 0 Å². The number of aromatic nitrogens is 1. The van der Waals surface area contributed by atoms with Crippen LogP contribution in [0.1, 0.15) is 35.0 Å². The van der Waals surface area contributed by atoms with Gasteiger partial charge in [0.25, 0.3) is 5.56 Å². The van der Waals surface area contributed by atoms with Crippen LogP contribution in [0.25, 0.3) is 10.9 Å². The van der Waals surface area contributed by atoms with Crippen LogP contribution < -0.4 is 11.0 Å². The van der Waals surface area contributed by atoms with Crippen LogP contribution in [0.5, 0.6) is 5.75 Å². The third-order valence-electron chi connectivity index (χ3n) is 4.39. The lowest BCUT2D eigenvalue weighted by atomic mass is 9.92. The van der Waals surface area contributed by atoms with Crippen LogP contribution in [0, 0.1) is 13.8 Å². The Kier molecular flexibility index (Phi) is 4.85. The number of benzene rings is 1. The maximum absolute atomic E-state index is 12.7. The van der Waals surface area contributed by atoms with Crippen molar-refractivity contribution in [3.63, 3.8) is 0 Å². The number of aryl methyl sites for hydroxylation is 2. The zero-order valence-corrected chi connectivity index (χ0v) is 15.2. The normalized spacial score (nSPS) is 12.1. The summed E-state index contributed by atoms with van der Waals surface area (Å²) in [6, 6.07) is 8.33. The number of carbonyl (C=O) groups is 1. The SMILES string of the molecule is COC(=O)C[C@@H](c1oc(C)cc(=O)c1O)c1cc2ccc(C)cc2[nH]c1=O. The molecular formula is C20H19NO6. The van der Waals surface area contributed by atoms with E-state index in [0.717, 1.165) is 17.0 Å². The van der Waals surface area contributed by atoms with E-state index >= 15 is 0 Å². The molecule has 0 saturated carbocycles. The Balaban J connectivity index is 2.26. The number of ether oxygens (including phenoxy) is 1. The van der Waals surface area contributed by atoms with Crippen molar-refractivity contribution >= 4 is 16.9 Å². The molecule has 0 fully saturated rings. The average Bonchev–Trinajstić information content (AvgIpc) is 2.62. The third-order valence-corrected chi connectivity index (χ3v) is 4.39. The predicted octanol–water partition coefficient (Wildman–Crippen LogP) is 2.50. The number of hydrogen-bond donors (Lipinski definition) is 2. The molecule has 2 heterocycles. The molecule has 0 radical (unpaired) electrons. The molecule has 0 unspecified atom stereocenters. The molecular weight excluding hydrogens is 350 g/mol. The lowest BCUT2D eigenvalue weighted by Gasteiger charge is -2.17. The summed E-state index contributed by atoms with van der Waals surface area (Å²) < 4.78 is 10.2. The number of hydrogen-bond acceptors (Lipinski definition) is 6. The van der Waals surface area contributed by atoms with E-state index in [0.29, 0.717) is 5.52 Å². The molecule has 7 heteroatoms. The summed E-state index contributed by atoms with van der Waals surface area (Å²) in [5.74, 6) is -2.08. The quantitative estimate of drug-likeness (QED) is 0.684. The minimum atomic E-state index is -0.973. The number of carbonyl (C=O) groups excluding carboxylic acids is 1. The van der Waals surface area contributed by atoms with E-state index in [4.69, 9.17) is 9.15 Å². The molecule has 0 spiro atoms. The number of fused-ring (bicyclic) bond motifs is 1. The second-order valence-electron chi connectivity index (χ2n) is 6.41. The van der Waals surface area contributed by atoms with Gasteiger partial charge in [0.15, 0.2) is 5.76 Å². The number of esters is 1. The fourth-order valence-corrected chi connectivity index (χ4v) is 3.05. The first kappa shape index (κ1) is 18.4. The smallest absolute Gasteiger partial charge is 0.306 e. The molecule has 0 aliphatic carbocycles. The van der Waals surface area contributed by atoms with E-state index in [1.807, 2.05) is 25.1 Å². The van der Waals surface area contributed by atoms with Gasteiger partial charge < -0.3 is 19.2 Å². The summed E-state index contributed by atoms with van der Waals surface area (Å²) in [5, 5.41) is 11.0. The molecule has 3 aromatic rings. The van der Waals surface area contributed by atoms with E-state index in [9.17, 15) is 19.5 Å². The van der Waals surface area contributed by atoms with Crippen molar-refractivity contribution in [1.29, 1.82) is 0 Å². The van der Waals surface area contributed by atoms with Gasteiger partial charge in [0.1, 0.15) is 5.76 Å². The molecule has 3 rings (SSSR count). The Bertz CT molecular complexity index is 1140. The van der Waals surface area contributed by atoms with Gasteiger partial charge in [-0.1, -0.05) is 12.1 Å². The lowest BCUT2D eigenvalue weighted by molar-refractivity contribution is -0.140. The first-order valence-corrected chi connectivity index (χ1v) is 8.34. The van der Waals surface area contributed by atoms with Crippen molar-refractivity contribution in [2.24, 2.45) is 0 Å². The molecule has 27 heavy (non-hydrogen) atoms. The van der Waals surface area contributed by atoms with Gasteiger partial charge in [-0.2, -0.15) is 0 Å². The standard InChI is InChI=1S/C20H19NO6/c1-10-4-5-12-8-14(20(25)21-15(12)6-10)13(9-17(23)26-3)19-18(24)16(22)7-11(2)27-19/h4-8,13,24H,9H2,1-3H3,(H,21,25)/t13-/m1/s1. The Morgan fingerprint density at radius 1 is 1.22 bits per heavy atom. The highest BCUT2D eigenvalue weighted by Crippen LogP contribution is 2.32. The molecule has 7 nitrogen and oxygen atoms in total. The summed E-state index contributed by atoms with van der Waals surface area (Å²) in [4.78, 5) is 39.4. The number of aromatic hydroxyl groups is 1. The summed E-state index contributed by atoms with van der Waals surface area (Å²) in [5.41, 5.74) is 0.748. The molecule has 1 atom stereocenters. The number of H-pyrrole nitrogens is 1. The van der Waals surface area contributed by atoms with Gasteiger partial charge in [-0.15, -0.1) is 0 Å². The van der Waals surface area contributed by atoms with Gasteiger partial charge >= 0.3 is 5.97 Å². The highest BCUT2D eigenvalue weighted by atomic mass is 16.5. The predicted molar refractivity (Wildman–Crippen MR) is 99.2 cm³/mol. The van der Waals surface area contributed by atoms with E-state index in [1.165, 1.54) is 7.11 Å². The van der Waals surface area contributed by atoms with Crippen molar-refractivity contribution in [3.8, 4) is 5.75 Å². The fourth-order valence-electron chi connectivity index (χ4n) is 3.05. The molecule has 1 aromatic carbocycles. The highest BCUT2D eigenvalue weighted by molar-refractivity contribution is 5.80. The van der Waals surface area contributed by atoms with Gasteiger partial charge in [0, 0.05) is 17.1 Å². The van der Waals surface area contributed by atoms with Crippen LogP contribution in [-0.4, -0.2) is 23.2 Å². The maximum atomic E-state index is 12.7. The van der Waals surface area contributed by atoms with E-state index in [1.54, 1.807) is 13.0 Å². The minimum absolute atomic E-state index is 0.137. The third kappa shape index (κ3) is 3.62. The van der Waals surface area contributed by atoms with Crippen LogP contribution >= 0.6 is 0 Å². The topological polar surface area (TPSA) is 110 Å². The second-order valence-corrected chi connectivity index (χ2v) is 6.41. The van der Waals surface area contributed by atoms with Crippen molar-refractivity contribution in [2.75, 3.05) is 7.11 Å². The molecule has 140 valence electrons. The van der Waals surface area contributed by atoms with E-state index in [-0.39, 0.29) is 23.5 Å². The average molecular weight is 369 g/mol. The first-order valence-electron chi connectivity index (χ1n) is 8.34. The van der Waals surface area contributed by atoms with Crippen molar-refractivity contribution < 1.29 is 19.1 Å². The number of pyridine rings is 1. The zero-order valence-electron chi connectivity index (χ0n) is 15.2. The van der Waals surface area contributed by atoms with Gasteiger partial charge in [0.2, 0.25) is 11.2 Å². The van der Waals surface area contributed by atoms with Gasteiger partial charge in [0.05, 0.1) is 19.4 Å². The van der Waals surface area contributed by atoms with Gasteiger partial charge in [-0.25, -0.2) is 0 Å². The number of nitrogens with one attached hydrogen (secondary N) is 1. The number of methoxy groups -OCH3 is 1. The number of rotatable bonds is 4. The van der Waals surface area contributed by atoms with E-state index < -0.39 is 28.6 Å². The van der Waals surface area contributed by atoms with Crippen LogP contribution in [-0.2, 0) is 9.53 Å². The second kappa shape index (κ2) is 7.11.